The van der Waals surface area contributed by atoms with Crippen molar-refractivity contribution in [3.8, 4) is 6.07 Å². The second-order valence-electron chi connectivity index (χ2n) is 4.62. The van der Waals surface area contributed by atoms with Gasteiger partial charge in [-0.2, -0.15) is 5.26 Å². The Balaban J connectivity index is 1.98. The van der Waals surface area contributed by atoms with Crippen LogP contribution in [-0.2, 0) is 6.54 Å². The van der Waals surface area contributed by atoms with Crippen molar-refractivity contribution in [3.05, 3.63) is 47.5 Å². The Morgan fingerprint density at radius 3 is 2.72 bits per heavy atom. The van der Waals surface area contributed by atoms with Gasteiger partial charge in [-0.1, -0.05) is 35.9 Å². The van der Waals surface area contributed by atoms with E-state index in [4.69, 9.17) is 5.26 Å². The molecule has 0 radical (unpaired) electrons. The first-order valence-electron chi connectivity index (χ1n) is 6.36. The third-order valence-corrected chi connectivity index (χ3v) is 3.03. The average Bonchev–Trinajstić information content (AvgIpc) is 2.38. The lowest BCUT2D eigenvalue weighted by atomic mass is 10.0. The second-order valence-corrected chi connectivity index (χ2v) is 4.62. The van der Waals surface area contributed by atoms with Crippen LogP contribution < -0.4 is 5.32 Å². The van der Waals surface area contributed by atoms with Crippen LogP contribution in [0.3, 0.4) is 0 Å². The minimum absolute atomic E-state index is 0.629. The van der Waals surface area contributed by atoms with Gasteiger partial charge < -0.3 is 5.32 Å². The van der Waals surface area contributed by atoms with E-state index < -0.39 is 0 Å². The summed E-state index contributed by atoms with van der Waals surface area (Å²) in [5, 5.41) is 14.4. The first-order valence-corrected chi connectivity index (χ1v) is 6.36. The molecule has 0 unspecified atom stereocenters. The molecule has 0 aliphatic rings. The van der Waals surface area contributed by atoms with Gasteiger partial charge in [0.1, 0.15) is 0 Å². The van der Waals surface area contributed by atoms with Crippen LogP contribution in [0, 0.1) is 18.3 Å². The van der Waals surface area contributed by atoms with Crippen molar-refractivity contribution in [1.82, 2.24) is 5.32 Å². The molecule has 2 heteroatoms. The normalized spacial score (nSPS) is 10.4. The van der Waals surface area contributed by atoms with Crippen molar-refractivity contribution < 1.29 is 0 Å². The summed E-state index contributed by atoms with van der Waals surface area (Å²) in [6.45, 7) is 3.89. The van der Waals surface area contributed by atoms with Crippen molar-refractivity contribution in [1.29, 1.82) is 5.26 Å². The quantitative estimate of drug-likeness (QED) is 0.809. The van der Waals surface area contributed by atoms with Crippen molar-refractivity contribution in [2.24, 2.45) is 0 Å². The molecular weight excluding hydrogens is 220 g/mol. The van der Waals surface area contributed by atoms with Crippen LogP contribution in [0.4, 0.5) is 0 Å². The fourth-order valence-electron chi connectivity index (χ4n) is 2.05. The molecule has 0 amide bonds. The number of unbranched alkanes of at least 4 members (excludes halogenated alkanes) is 1. The Hall–Kier alpha value is -1.85. The number of rotatable bonds is 5. The highest BCUT2D eigenvalue weighted by molar-refractivity contribution is 5.83. The summed E-state index contributed by atoms with van der Waals surface area (Å²) < 4.78 is 0. The summed E-state index contributed by atoms with van der Waals surface area (Å²) in [6.07, 6.45) is 1.55. The fraction of sp³-hybridized carbons (Fsp3) is 0.312. The molecule has 18 heavy (non-hydrogen) atoms. The maximum Gasteiger partial charge on any atom is 0.0622 e. The van der Waals surface area contributed by atoms with E-state index in [0.29, 0.717) is 6.42 Å². The number of hydrogen-bond acceptors (Lipinski definition) is 2. The van der Waals surface area contributed by atoms with Crippen LogP contribution in [-0.4, -0.2) is 6.54 Å². The zero-order chi connectivity index (χ0) is 12.8. The lowest BCUT2D eigenvalue weighted by Crippen LogP contribution is -2.14. The van der Waals surface area contributed by atoms with Gasteiger partial charge in [-0.15, -0.1) is 0 Å². The minimum atomic E-state index is 0.629. The van der Waals surface area contributed by atoms with Gasteiger partial charge >= 0.3 is 0 Å². The summed E-state index contributed by atoms with van der Waals surface area (Å²) in [7, 11) is 0. The van der Waals surface area contributed by atoms with Gasteiger partial charge in [-0.05, 0) is 42.3 Å². The van der Waals surface area contributed by atoms with Crippen LogP contribution in [0.25, 0.3) is 10.8 Å². The number of nitrogens with zero attached hydrogens (tertiary/aromatic N) is 1. The molecule has 0 bridgehead atoms. The van der Waals surface area contributed by atoms with Crippen LogP contribution in [0.2, 0.25) is 0 Å². The Morgan fingerprint density at radius 1 is 1.11 bits per heavy atom. The summed E-state index contributed by atoms with van der Waals surface area (Å²) in [6, 6.07) is 15.2. The molecule has 0 atom stereocenters. The van der Waals surface area contributed by atoms with Crippen LogP contribution in [0.15, 0.2) is 36.4 Å². The molecule has 2 aromatic carbocycles. The van der Waals surface area contributed by atoms with Crippen LogP contribution >= 0.6 is 0 Å². The lowest BCUT2D eigenvalue weighted by Gasteiger charge is -2.06. The summed E-state index contributed by atoms with van der Waals surface area (Å²) in [5.74, 6) is 0. The molecule has 1 N–H and O–H groups in total. The molecule has 0 aliphatic carbocycles. The smallest absolute Gasteiger partial charge is 0.0622 e. The van der Waals surface area contributed by atoms with E-state index in [1.54, 1.807) is 0 Å². The minimum Gasteiger partial charge on any atom is -0.313 e. The maximum absolute atomic E-state index is 8.45. The molecule has 0 aliphatic heterocycles. The van der Waals surface area contributed by atoms with Gasteiger partial charge in [0.15, 0.2) is 0 Å². The van der Waals surface area contributed by atoms with E-state index in [-0.39, 0.29) is 0 Å². The number of benzene rings is 2. The molecule has 0 saturated carbocycles. The van der Waals surface area contributed by atoms with Gasteiger partial charge in [0.05, 0.1) is 6.07 Å². The van der Waals surface area contributed by atoms with Gasteiger partial charge in [0.25, 0.3) is 0 Å². The first kappa shape index (κ1) is 12.6. The van der Waals surface area contributed by atoms with Gasteiger partial charge in [-0.25, -0.2) is 0 Å². The molecule has 2 aromatic rings. The highest BCUT2D eigenvalue weighted by atomic mass is 14.8. The second kappa shape index (κ2) is 6.18. The number of nitriles is 1. The third-order valence-electron chi connectivity index (χ3n) is 3.03. The molecule has 0 fully saturated rings. The van der Waals surface area contributed by atoms with Gasteiger partial charge in [0.2, 0.25) is 0 Å². The monoisotopic (exact) mass is 238 g/mol. The first-order chi connectivity index (χ1) is 8.79. The highest BCUT2D eigenvalue weighted by Crippen LogP contribution is 2.17. The number of hydrogen-bond donors (Lipinski definition) is 1. The highest BCUT2D eigenvalue weighted by Gasteiger charge is 1.97. The Kier molecular flexibility index (Phi) is 4.33. The van der Waals surface area contributed by atoms with Crippen molar-refractivity contribution in [2.45, 2.75) is 26.3 Å². The molecule has 92 valence electrons. The number of aryl methyl sites for hydroxylation is 1. The number of nitrogens with one attached hydrogen (secondary N) is 1. The lowest BCUT2D eigenvalue weighted by molar-refractivity contribution is 0.658. The molecule has 2 nitrogen and oxygen atoms in total. The van der Waals surface area contributed by atoms with Gasteiger partial charge in [-0.3, -0.25) is 0 Å². The van der Waals surface area contributed by atoms with E-state index in [2.05, 4.69) is 54.7 Å². The van der Waals surface area contributed by atoms with E-state index in [1.165, 1.54) is 21.9 Å². The standard InChI is InChI=1S/C16H18N2/c1-13-4-6-16-11-14(5-7-15(16)10-13)12-18-9-3-2-8-17/h4-7,10-11,18H,2-3,9,12H2,1H3. The SMILES string of the molecule is Cc1ccc2cc(CNCCCC#N)ccc2c1. The largest absolute Gasteiger partial charge is 0.313 e. The molecular formula is C16H18N2. The number of fused-ring (bicyclic) bond motifs is 1. The summed E-state index contributed by atoms with van der Waals surface area (Å²) >= 11 is 0. The zero-order valence-electron chi connectivity index (χ0n) is 10.7. The van der Waals surface area contributed by atoms with Crippen molar-refractivity contribution >= 4 is 10.8 Å². The molecule has 2 rings (SSSR count). The van der Waals surface area contributed by atoms with Crippen molar-refractivity contribution in [3.63, 3.8) is 0 Å². The Labute approximate surface area is 108 Å². The summed E-state index contributed by atoms with van der Waals surface area (Å²) in [4.78, 5) is 0. The van der Waals surface area contributed by atoms with E-state index in [0.717, 1.165) is 19.5 Å². The maximum atomic E-state index is 8.45. The molecule has 0 saturated heterocycles. The van der Waals surface area contributed by atoms with Crippen molar-refractivity contribution in [2.75, 3.05) is 6.54 Å². The fourth-order valence-corrected chi connectivity index (χ4v) is 2.05. The molecule has 0 spiro atoms. The summed E-state index contributed by atoms with van der Waals surface area (Å²) in [5.41, 5.74) is 2.59. The third kappa shape index (κ3) is 3.32. The van der Waals surface area contributed by atoms with E-state index in [1.807, 2.05) is 0 Å². The molecule has 0 aromatic heterocycles. The Bertz CT molecular complexity index is 567. The topological polar surface area (TPSA) is 35.8 Å². The average molecular weight is 238 g/mol. The Morgan fingerprint density at radius 2 is 1.89 bits per heavy atom. The van der Waals surface area contributed by atoms with E-state index in [9.17, 15) is 0 Å². The van der Waals surface area contributed by atoms with Crippen LogP contribution in [0.1, 0.15) is 24.0 Å². The van der Waals surface area contributed by atoms with Gasteiger partial charge in [0, 0.05) is 13.0 Å². The molecule has 0 heterocycles. The predicted molar refractivity (Wildman–Crippen MR) is 75.2 cm³/mol. The van der Waals surface area contributed by atoms with E-state index >= 15 is 0 Å². The van der Waals surface area contributed by atoms with Crippen LogP contribution in [0.5, 0.6) is 0 Å². The zero-order valence-corrected chi connectivity index (χ0v) is 10.7. The predicted octanol–water partition coefficient (Wildman–Crippen LogP) is 3.54.